The van der Waals surface area contributed by atoms with Crippen molar-refractivity contribution in [3.8, 4) is 0 Å². The van der Waals surface area contributed by atoms with E-state index in [2.05, 4.69) is 4.90 Å². The summed E-state index contributed by atoms with van der Waals surface area (Å²) < 4.78 is 5.41. The molecule has 2 rings (SSSR count). The highest BCUT2D eigenvalue weighted by atomic mass is 16.5. The van der Waals surface area contributed by atoms with Crippen LogP contribution in [-0.4, -0.2) is 48.5 Å². The lowest BCUT2D eigenvalue weighted by Gasteiger charge is -2.25. The van der Waals surface area contributed by atoms with Gasteiger partial charge in [-0.25, -0.2) is 0 Å². The maximum atomic E-state index is 8.67. The number of morpholine rings is 1. The fourth-order valence-corrected chi connectivity index (χ4v) is 1.88. The Morgan fingerprint density at radius 1 is 1.60 bits per heavy atom. The molecule has 0 aliphatic carbocycles. The Hall–Kier alpha value is -0.120. The fraction of sp³-hybridized carbons (Fsp3) is 1.00. The summed E-state index contributed by atoms with van der Waals surface area (Å²) >= 11 is 0. The second-order valence-electron chi connectivity index (χ2n) is 3.06. The van der Waals surface area contributed by atoms with E-state index in [1.165, 1.54) is 6.42 Å². The summed E-state index contributed by atoms with van der Waals surface area (Å²) in [7, 11) is 0. The Morgan fingerprint density at radius 2 is 2.50 bits per heavy atom. The Kier molecular flexibility index (Phi) is 1.64. The predicted molar refractivity (Wildman–Crippen MR) is 36.8 cm³/mol. The molecule has 0 saturated carbocycles. The molecule has 2 bridgehead atoms. The molecular weight excluding hydrogens is 130 g/mol. The smallest absolute Gasteiger partial charge is 0.0718 e. The maximum Gasteiger partial charge on any atom is 0.0718 e. The molecule has 2 fully saturated rings. The Bertz CT molecular complexity index is 129. The molecule has 0 radical (unpaired) electrons. The van der Waals surface area contributed by atoms with Crippen LogP contribution in [0.4, 0.5) is 0 Å². The van der Waals surface area contributed by atoms with Gasteiger partial charge in [-0.2, -0.15) is 0 Å². The normalized spacial score (nSPS) is 39.3. The van der Waals surface area contributed by atoms with Gasteiger partial charge in [0.1, 0.15) is 0 Å². The first-order valence-corrected chi connectivity index (χ1v) is 3.86. The third kappa shape index (κ3) is 0.944. The molecule has 2 aliphatic heterocycles. The number of β-amino-alcohol motifs (C(OH)–C–C–N with tert-alkyl or cyclic N) is 1. The number of nitrogens with zero attached hydrogens (tertiary/aromatic N) is 1. The van der Waals surface area contributed by atoms with Gasteiger partial charge >= 0.3 is 0 Å². The highest BCUT2D eigenvalue weighted by Gasteiger charge is 2.38. The van der Waals surface area contributed by atoms with Gasteiger partial charge in [0.25, 0.3) is 0 Å². The van der Waals surface area contributed by atoms with E-state index >= 15 is 0 Å². The number of fused-ring (bicyclic) bond motifs is 2. The number of hydrogen-bond acceptors (Lipinski definition) is 3. The van der Waals surface area contributed by atoms with Crippen molar-refractivity contribution < 1.29 is 9.84 Å². The summed E-state index contributed by atoms with van der Waals surface area (Å²) in [5.41, 5.74) is 0. The van der Waals surface area contributed by atoms with Gasteiger partial charge in [0.2, 0.25) is 0 Å². The third-order valence-electron chi connectivity index (χ3n) is 2.40. The molecule has 0 aromatic rings. The molecule has 1 N–H and O–H groups in total. The monoisotopic (exact) mass is 143 g/mol. The van der Waals surface area contributed by atoms with Gasteiger partial charge in [0, 0.05) is 19.1 Å². The van der Waals surface area contributed by atoms with E-state index in [4.69, 9.17) is 9.84 Å². The van der Waals surface area contributed by atoms with Crippen molar-refractivity contribution >= 4 is 0 Å². The van der Waals surface area contributed by atoms with E-state index in [1.807, 2.05) is 0 Å². The van der Waals surface area contributed by atoms with Crippen molar-refractivity contribution in [1.29, 1.82) is 0 Å². The summed E-state index contributed by atoms with van der Waals surface area (Å²) in [6.45, 7) is 3.02. The van der Waals surface area contributed by atoms with Gasteiger partial charge in [-0.1, -0.05) is 0 Å². The van der Waals surface area contributed by atoms with Crippen LogP contribution in [0, 0.1) is 0 Å². The van der Waals surface area contributed by atoms with Crippen LogP contribution in [0.25, 0.3) is 0 Å². The largest absolute Gasteiger partial charge is 0.395 e. The zero-order valence-corrected chi connectivity index (χ0v) is 5.99. The van der Waals surface area contributed by atoms with E-state index < -0.39 is 0 Å². The van der Waals surface area contributed by atoms with E-state index in [-0.39, 0.29) is 6.61 Å². The first-order chi connectivity index (χ1) is 4.90. The van der Waals surface area contributed by atoms with Crippen molar-refractivity contribution in [2.24, 2.45) is 0 Å². The second kappa shape index (κ2) is 2.49. The molecule has 2 atom stereocenters. The average Bonchev–Trinajstić information content (AvgIpc) is 2.48. The number of aliphatic hydroxyl groups is 1. The van der Waals surface area contributed by atoms with Crippen molar-refractivity contribution in [1.82, 2.24) is 4.90 Å². The van der Waals surface area contributed by atoms with Gasteiger partial charge in [0.15, 0.2) is 0 Å². The van der Waals surface area contributed by atoms with Crippen LogP contribution in [0.5, 0.6) is 0 Å². The third-order valence-corrected chi connectivity index (χ3v) is 2.40. The minimum atomic E-state index is 0.281. The molecular formula is C7H13NO2. The summed E-state index contributed by atoms with van der Waals surface area (Å²) in [6, 6.07) is 0.608. The van der Waals surface area contributed by atoms with Gasteiger partial charge < -0.3 is 9.84 Å². The minimum absolute atomic E-state index is 0.281. The van der Waals surface area contributed by atoms with Gasteiger partial charge in [-0.15, -0.1) is 0 Å². The Morgan fingerprint density at radius 3 is 3.00 bits per heavy atom. The van der Waals surface area contributed by atoms with E-state index in [0.717, 1.165) is 19.7 Å². The number of hydrogen-bond donors (Lipinski definition) is 1. The van der Waals surface area contributed by atoms with Crippen LogP contribution in [0.3, 0.4) is 0 Å². The van der Waals surface area contributed by atoms with Crippen LogP contribution >= 0.6 is 0 Å². The lowest BCUT2D eigenvalue weighted by molar-refractivity contribution is 0.0244. The van der Waals surface area contributed by atoms with Crippen LogP contribution in [0.1, 0.15) is 6.42 Å². The quantitative estimate of drug-likeness (QED) is 0.563. The van der Waals surface area contributed by atoms with Crippen LogP contribution in [0.2, 0.25) is 0 Å². The highest BCUT2D eigenvalue weighted by Crippen LogP contribution is 2.26. The van der Waals surface area contributed by atoms with E-state index in [9.17, 15) is 0 Å². The molecule has 3 heteroatoms. The fourth-order valence-electron chi connectivity index (χ4n) is 1.88. The van der Waals surface area contributed by atoms with Crippen molar-refractivity contribution in [2.75, 3.05) is 26.3 Å². The van der Waals surface area contributed by atoms with E-state index in [0.29, 0.717) is 12.1 Å². The minimum Gasteiger partial charge on any atom is -0.395 e. The lowest BCUT2D eigenvalue weighted by Crippen LogP contribution is -2.38. The van der Waals surface area contributed by atoms with Gasteiger partial charge in [-0.05, 0) is 6.42 Å². The highest BCUT2D eigenvalue weighted by molar-refractivity contribution is 4.90. The van der Waals surface area contributed by atoms with Gasteiger partial charge in [0.05, 0.1) is 19.3 Å². The molecule has 2 aliphatic rings. The van der Waals surface area contributed by atoms with Crippen LogP contribution in [0.15, 0.2) is 0 Å². The summed E-state index contributed by atoms with van der Waals surface area (Å²) in [4.78, 5) is 2.31. The van der Waals surface area contributed by atoms with Crippen LogP contribution < -0.4 is 0 Å². The molecule has 0 amide bonds. The van der Waals surface area contributed by atoms with Crippen LogP contribution in [-0.2, 0) is 4.74 Å². The molecule has 0 aromatic carbocycles. The molecule has 58 valence electrons. The average molecular weight is 143 g/mol. The molecule has 0 unspecified atom stereocenters. The van der Waals surface area contributed by atoms with Crippen molar-refractivity contribution in [3.63, 3.8) is 0 Å². The van der Waals surface area contributed by atoms with Crippen molar-refractivity contribution in [2.45, 2.75) is 18.6 Å². The molecule has 0 aromatic heterocycles. The maximum absolute atomic E-state index is 8.67. The first-order valence-electron chi connectivity index (χ1n) is 3.86. The topological polar surface area (TPSA) is 32.7 Å². The number of aliphatic hydroxyl groups excluding tert-OH is 1. The predicted octanol–water partition coefficient (Wildman–Crippen LogP) is -0.548. The standard InChI is InChI=1S/C7H13NO2/c9-2-1-8-4-7-3-6(8)5-10-7/h6-7,9H,1-5H2/t6-,7-/m1/s1. The SMILES string of the molecule is OCCN1C[C@H]2C[C@@H]1CO2. The summed E-state index contributed by atoms with van der Waals surface area (Å²) in [6.07, 6.45) is 1.65. The van der Waals surface area contributed by atoms with E-state index in [1.54, 1.807) is 0 Å². The Balaban J connectivity index is 1.90. The molecule has 2 heterocycles. The number of ether oxygens (including phenoxy) is 1. The first kappa shape index (κ1) is 6.58. The zero-order chi connectivity index (χ0) is 6.97. The molecule has 10 heavy (non-hydrogen) atoms. The second-order valence-corrected chi connectivity index (χ2v) is 3.06. The molecule has 2 saturated heterocycles. The number of likely N-dealkylation sites (tertiary alicyclic amines) is 1. The Labute approximate surface area is 60.6 Å². The van der Waals surface area contributed by atoms with Crippen molar-refractivity contribution in [3.05, 3.63) is 0 Å². The summed E-state index contributed by atoms with van der Waals surface area (Å²) in [5.74, 6) is 0. The summed E-state index contributed by atoms with van der Waals surface area (Å²) in [5, 5.41) is 8.67. The number of rotatable bonds is 2. The zero-order valence-electron chi connectivity index (χ0n) is 5.99. The lowest BCUT2D eigenvalue weighted by atomic mass is 10.2. The molecule has 0 spiro atoms. The molecule has 3 nitrogen and oxygen atoms in total. The van der Waals surface area contributed by atoms with Gasteiger partial charge in [-0.3, -0.25) is 4.90 Å².